The summed E-state index contributed by atoms with van der Waals surface area (Å²) in [6, 6.07) is 2.81. The summed E-state index contributed by atoms with van der Waals surface area (Å²) in [5, 5.41) is 25.9. The van der Waals surface area contributed by atoms with Crippen LogP contribution in [0.15, 0.2) is 56.2 Å². The molecule has 0 aromatic heterocycles. The van der Waals surface area contributed by atoms with Crippen LogP contribution >= 0.6 is 0 Å². The van der Waals surface area contributed by atoms with Crippen molar-refractivity contribution < 1.29 is 29.7 Å². The van der Waals surface area contributed by atoms with Crippen molar-refractivity contribution in [2.24, 2.45) is 0 Å². The summed E-state index contributed by atoms with van der Waals surface area (Å²) in [5.74, 6) is -4.20. The predicted molar refractivity (Wildman–Crippen MR) is 94.9 cm³/mol. The molecule has 0 aliphatic heterocycles. The maximum atomic E-state index is 10.6. The molecule has 0 amide bonds. The van der Waals surface area contributed by atoms with Gasteiger partial charge in [-0.05, 0) is 39.0 Å². The van der Waals surface area contributed by atoms with E-state index in [0.29, 0.717) is 0 Å². The highest BCUT2D eigenvalue weighted by Crippen LogP contribution is 2.12. The Kier molecular flexibility index (Phi) is 17.4. The molecule has 1 aromatic carbocycles. The molecule has 0 saturated heterocycles. The largest absolute Gasteiger partial charge is 0.478 e. The average molecular weight is 336 g/mol. The van der Waals surface area contributed by atoms with Gasteiger partial charge in [-0.15, -0.1) is 19.7 Å². The van der Waals surface area contributed by atoms with Crippen molar-refractivity contribution in [1.82, 2.24) is 0 Å². The van der Waals surface area contributed by atoms with Crippen LogP contribution in [0.3, 0.4) is 0 Å². The molecule has 6 heteroatoms. The molecular formula is C18H24O6. The van der Waals surface area contributed by atoms with Gasteiger partial charge in [0, 0.05) is 0 Å². The highest BCUT2D eigenvalue weighted by molar-refractivity contribution is 6.03. The topological polar surface area (TPSA) is 112 Å². The second kappa shape index (κ2) is 16.2. The van der Waals surface area contributed by atoms with Gasteiger partial charge in [0.25, 0.3) is 0 Å². The lowest BCUT2D eigenvalue weighted by atomic mass is 10.0. The maximum absolute atomic E-state index is 10.6. The smallest absolute Gasteiger partial charge is 0.336 e. The van der Waals surface area contributed by atoms with Crippen LogP contribution in [0.4, 0.5) is 0 Å². The van der Waals surface area contributed by atoms with E-state index >= 15 is 0 Å². The molecule has 0 aliphatic carbocycles. The molecule has 3 N–H and O–H groups in total. The Balaban J connectivity index is -0.000000410. The fourth-order valence-electron chi connectivity index (χ4n) is 1.04. The Labute approximate surface area is 142 Å². The molecule has 0 unspecified atom stereocenters. The summed E-state index contributed by atoms with van der Waals surface area (Å²) in [7, 11) is 0. The fourth-order valence-corrected chi connectivity index (χ4v) is 1.04. The zero-order chi connectivity index (χ0) is 19.7. The first-order chi connectivity index (χ1) is 11.2. The summed E-state index contributed by atoms with van der Waals surface area (Å²) >= 11 is 0. The molecule has 1 aromatic rings. The van der Waals surface area contributed by atoms with E-state index in [1.54, 1.807) is 18.2 Å². The maximum Gasteiger partial charge on any atom is 0.336 e. The van der Waals surface area contributed by atoms with E-state index in [0.717, 1.165) is 18.2 Å². The van der Waals surface area contributed by atoms with Gasteiger partial charge in [-0.25, -0.2) is 14.4 Å². The Bertz CT molecular complexity index is 559. The standard InChI is InChI=1S/C9H6O6.3C3H6/c10-7(11)4-1-2-5(8(12)13)6(3-4)9(14)15;3*1-3-2/h1-3H,(H,10,11)(H,12,13)(H,14,15);3*3H,1H2,2H3. The first-order valence-corrected chi connectivity index (χ1v) is 6.73. The van der Waals surface area contributed by atoms with Crippen molar-refractivity contribution in [2.45, 2.75) is 20.8 Å². The molecule has 0 spiro atoms. The van der Waals surface area contributed by atoms with Gasteiger partial charge in [-0.1, -0.05) is 18.2 Å². The van der Waals surface area contributed by atoms with Gasteiger partial charge in [-0.3, -0.25) is 0 Å². The molecule has 0 heterocycles. The Hall–Kier alpha value is -3.15. The predicted octanol–water partition coefficient (Wildman–Crippen LogP) is 4.36. The van der Waals surface area contributed by atoms with Gasteiger partial charge in [0.2, 0.25) is 0 Å². The number of benzene rings is 1. The zero-order valence-corrected chi connectivity index (χ0v) is 14.2. The van der Waals surface area contributed by atoms with Crippen LogP contribution in [0.1, 0.15) is 51.8 Å². The normalized spacial score (nSPS) is 7.62. The zero-order valence-electron chi connectivity index (χ0n) is 14.2. The van der Waals surface area contributed by atoms with Gasteiger partial charge in [0.1, 0.15) is 0 Å². The number of carboxylic acids is 3. The van der Waals surface area contributed by atoms with Crippen LogP contribution in [0.25, 0.3) is 0 Å². The van der Waals surface area contributed by atoms with E-state index in [9.17, 15) is 14.4 Å². The molecule has 0 saturated carbocycles. The lowest BCUT2D eigenvalue weighted by Gasteiger charge is -2.02. The number of carbonyl (C=O) groups is 3. The molecular weight excluding hydrogens is 312 g/mol. The number of rotatable bonds is 3. The molecule has 132 valence electrons. The summed E-state index contributed by atoms with van der Waals surface area (Å²) in [6.07, 6.45) is 5.25. The highest BCUT2D eigenvalue weighted by atomic mass is 16.4. The van der Waals surface area contributed by atoms with Gasteiger partial charge in [-0.2, -0.15) is 0 Å². The van der Waals surface area contributed by atoms with E-state index in [1.807, 2.05) is 20.8 Å². The second-order valence-corrected chi connectivity index (χ2v) is 3.90. The number of hydrogen-bond donors (Lipinski definition) is 3. The molecule has 24 heavy (non-hydrogen) atoms. The molecule has 0 atom stereocenters. The first kappa shape index (κ1) is 25.8. The van der Waals surface area contributed by atoms with Crippen LogP contribution in [0, 0.1) is 0 Å². The van der Waals surface area contributed by atoms with Gasteiger partial charge in [0.15, 0.2) is 0 Å². The third-order valence-electron chi connectivity index (χ3n) is 1.73. The minimum absolute atomic E-state index is 0.266. The average Bonchev–Trinajstić information content (AvgIpc) is 2.48. The van der Waals surface area contributed by atoms with E-state index in [-0.39, 0.29) is 5.56 Å². The van der Waals surface area contributed by atoms with Crippen molar-refractivity contribution in [2.75, 3.05) is 0 Å². The summed E-state index contributed by atoms with van der Waals surface area (Å²) in [6.45, 7) is 15.8. The highest BCUT2D eigenvalue weighted by Gasteiger charge is 2.17. The Morgan fingerprint density at radius 3 is 1.33 bits per heavy atom. The lowest BCUT2D eigenvalue weighted by molar-refractivity contribution is 0.0649. The van der Waals surface area contributed by atoms with Gasteiger partial charge < -0.3 is 15.3 Å². The molecule has 0 aliphatic rings. The minimum atomic E-state index is -1.48. The van der Waals surface area contributed by atoms with E-state index in [4.69, 9.17) is 15.3 Å². The number of allylic oxidation sites excluding steroid dienone is 3. The molecule has 0 fully saturated rings. The number of hydrogen-bond acceptors (Lipinski definition) is 3. The molecule has 0 bridgehead atoms. The van der Waals surface area contributed by atoms with Crippen molar-refractivity contribution in [3.8, 4) is 0 Å². The quantitative estimate of drug-likeness (QED) is 0.707. The van der Waals surface area contributed by atoms with Crippen LogP contribution in [0.2, 0.25) is 0 Å². The molecule has 1 rings (SSSR count). The van der Waals surface area contributed by atoms with Crippen molar-refractivity contribution in [3.63, 3.8) is 0 Å². The monoisotopic (exact) mass is 336 g/mol. The SMILES string of the molecule is C=CC.C=CC.C=CC.O=C(O)c1ccc(C(=O)O)c(C(=O)O)c1. The van der Waals surface area contributed by atoms with Crippen LogP contribution in [0.5, 0.6) is 0 Å². The van der Waals surface area contributed by atoms with Crippen LogP contribution < -0.4 is 0 Å². The minimum Gasteiger partial charge on any atom is -0.478 e. The van der Waals surface area contributed by atoms with Crippen molar-refractivity contribution in [1.29, 1.82) is 0 Å². The lowest BCUT2D eigenvalue weighted by Crippen LogP contribution is -2.10. The third-order valence-corrected chi connectivity index (χ3v) is 1.73. The summed E-state index contributed by atoms with van der Waals surface area (Å²) < 4.78 is 0. The van der Waals surface area contributed by atoms with Gasteiger partial charge in [0.05, 0.1) is 16.7 Å². The second-order valence-electron chi connectivity index (χ2n) is 3.90. The van der Waals surface area contributed by atoms with Crippen LogP contribution in [-0.4, -0.2) is 33.2 Å². The van der Waals surface area contributed by atoms with E-state index in [2.05, 4.69) is 19.7 Å². The summed E-state index contributed by atoms with van der Waals surface area (Å²) in [4.78, 5) is 31.8. The molecule has 0 radical (unpaired) electrons. The molecule has 6 nitrogen and oxygen atoms in total. The Morgan fingerprint density at radius 1 is 0.750 bits per heavy atom. The fraction of sp³-hybridized carbons (Fsp3) is 0.167. The number of carboxylic acid groups (broad SMARTS) is 3. The van der Waals surface area contributed by atoms with Crippen LogP contribution in [-0.2, 0) is 0 Å². The Morgan fingerprint density at radius 2 is 1.08 bits per heavy atom. The number of aromatic carboxylic acids is 3. The van der Waals surface area contributed by atoms with E-state index < -0.39 is 29.0 Å². The van der Waals surface area contributed by atoms with Gasteiger partial charge >= 0.3 is 17.9 Å². The summed E-state index contributed by atoms with van der Waals surface area (Å²) in [5.41, 5.74) is -1.24. The third kappa shape index (κ3) is 12.6. The van der Waals surface area contributed by atoms with E-state index in [1.165, 1.54) is 0 Å². The van der Waals surface area contributed by atoms with Crippen molar-refractivity contribution >= 4 is 17.9 Å². The first-order valence-electron chi connectivity index (χ1n) is 6.73. The van der Waals surface area contributed by atoms with Crippen molar-refractivity contribution in [3.05, 3.63) is 72.9 Å².